The zero-order chi connectivity index (χ0) is 29.7. The van der Waals surface area contributed by atoms with Crippen LogP contribution < -0.4 is 0 Å². The molecule has 0 aromatic rings. The molecule has 2 bridgehead atoms. The van der Waals surface area contributed by atoms with E-state index >= 15 is 0 Å². The first kappa shape index (κ1) is 30.1. The van der Waals surface area contributed by atoms with E-state index in [1.54, 1.807) is 19.9 Å². The molecule has 9 nitrogen and oxygen atoms in total. The standard InChI is InChI=1S/C32H44O9/c1-5-6-7-8-9-10-11-12-13-14-23(34)41-25-24-19(3)26(35)32(38)29-30(4)20(18(2)15-21(33)27(30)36)16-22(40-28(25)37)31(24,29)17-39-32/h12-13,15,20,22,24-27,29,35-36,38H,3,5-11,14,16-17H2,1-2,4H3/b13-12+/t20-,22+,24-,25-,26-,27+,29-,30+,31-,32+/m0/s1. The smallest absolute Gasteiger partial charge is 0.348 e. The van der Waals surface area contributed by atoms with Crippen LogP contribution in [0.25, 0.3) is 0 Å². The molecule has 10 atom stereocenters. The van der Waals surface area contributed by atoms with Crippen LogP contribution >= 0.6 is 0 Å². The third kappa shape index (κ3) is 4.46. The van der Waals surface area contributed by atoms with Crippen LogP contribution in [0.15, 0.2) is 36.0 Å². The van der Waals surface area contributed by atoms with E-state index in [-0.39, 0.29) is 25.0 Å². The molecule has 2 saturated heterocycles. The maximum absolute atomic E-state index is 13.4. The van der Waals surface area contributed by atoms with E-state index in [4.69, 9.17) is 14.2 Å². The third-order valence-electron chi connectivity index (χ3n) is 10.7. The summed E-state index contributed by atoms with van der Waals surface area (Å²) in [7, 11) is 0. The van der Waals surface area contributed by atoms with Gasteiger partial charge in [0.05, 0.1) is 18.4 Å². The summed E-state index contributed by atoms with van der Waals surface area (Å²) < 4.78 is 17.6. The van der Waals surface area contributed by atoms with Gasteiger partial charge in [-0.2, -0.15) is 0 Å². The van der Waals surface area contributed by atoms with Gasteiger partial charge in [0.1, 0.15) is 18.3 Å². The summed E-state index contributed by atoms with van der Waals surface area (Å²) in [6, 6.07) is 0. The Morgan fingerprint density at radius 3 is 2.59 bits per heavy atom. The second kappa shape index (κ2) is 11.1. The summed E-state index contributed by atoms with van der Waals surface area (Å²) in [5.74, 6) is -6.38. The average Bonchev–Trinajstić information content (AvgIpc) is 3.22. The van der Waals surface area contributed by atoms with Gasteiger partial charge in [0, 0.05) is 17.3 Å². The van der Waals surface area contributed by atoms with Crippen molar-refractivity contribution in [1.82, 2.24) is 0 Å². The minimum atomic E-state index is -2.17. The quantitative estimate of drug-likeness (QED) is 0.204. The van der Waals surface area contributed by atoms with Gasteiger partial charge < -0.3 is 29.5 Å². The molecule has 2 aliphatic heterocycles. The number of carbonyl (C=O) groups is 3. The molecule has 4 fully saturated rings. The van der Waals surface area contributed by atoms with Crippen molar-refractivity contribution in [2.24, 2.45) is 28.6 Å². The Morgan fingerprint density at radius 2 is 1.85 bits per heavy atom. The topological polar surface area (TPSA) is 140 Å². The van der Waals surface area contributed by atoms with Crippen LogP contribution in [0.2, 0.25) is 0 Å². The van der Waals surface area contributed by atoms with Crippen LogP contribution in [-0.2, 0) is 28.6 Å². The maximum atomic E-state index is 13.4. The van der Waals surface area contributed by atoms with Crippen LogP contribution in [0.3, 0.4) is 0 Å². The number of rotatable bonds is 10. The Hall–Kier alpha value is -2.33. The molecular weight excluding hydrogens is 528 g/mol. The van der Waals surface area contributed by atoms with Crippen molar-refractivity contribution in [3.05, 3.63) is 36.0 Å². The van der Waals surface area contributed by atoms with Gasteiger partial charge in [0.15, 0.2) is 11.6 Å². The third-order valence-corrected chi connectivity index (χ3v) is 10.7. The molecule has 226 valence electrons. The molecule has 0 amide bonds. The van der Waals surface area contributed by atoms with Gasteiger partial charge in [0.2, 0.25) is 6.10 Å². The molecule has 9 heteroatoms. The predicted octanol–water partition coefficient (Wildman–Crippen LogP) is 3.30. The Labute approximate surface area is 241 Å². The van der Waals surface area contributed by atoms with Crippen molar-refractivity contribution in [3.8, 4) is 0 Å². The molecule has 5 aliphatic rings. The molecule has 3 aliphatic carbocycles. The molecule has 41 heavy (non-hydrogen) atoms. The van der Waals surface area contributed by atoms with Crippen LogP contribution in [0.5, 0.6) is 0 Å². The van der Waals surface area contributed by atoms with E-state index in [9.17, 15) is 29.7 Å². The average molecular weight is 573 g/mol. The lowest BCUT2D eigenvalue weighted by Gasteiger charge is -2.67. The van der Waals surface area contributed by atoms with E-state index < -0.39 is 76.5 Å². The van der Waals surface area contributed by atoms with Gasteiger partial charge >= 0.3 is 11.9 Å². The molecule has 0 unspecified atom stereocenters. The predicted molar refractivity (Wildman–Crippen MR) is 148 cm³/mol. The number of aliphatic hydroxyl groups excluding tert-OH is 2. The van der Waals surface area contributed by atoms with E-state index in [2.05, 4.69) is 13.5 Å². The Bertz CT molecular complexity index is 1160. The fraction of sp³-hybridized carbons (Fsp3) is 0.719. The maximum Gasteiger partial charge on any atom is 0.348 e. The SMILES string of the molecule is C=C1[C@H](O)[C@@]2(O)OC[C@@]34[C@@H](C[C@H]5C(C)=CC(=O)[C@@H](O)[C@]5(C)[C@H]23)OC(=O)[C@@H](OC(=O)C/C=C/CCCCCCCC)[C@H]14. The van der Waals surface area contributed by atoms with Gasteiger partial charge in [-0.05, 0) is 43.8 Å². The number of hydrogen-bond acceptors (Lipinski definition) is 9. The minimum Gasteiger partial charge on any atom is -0.459 e. The number of unbranched alkanes of at least 4 members (excludes halogenated alkanes) is 6. The lowest BCUT2D eigenvalue weighted by atomic mass is 9.38. The molecule has 1 spiro atoms. The number of allylic oxidation sites excluding steroid dienone is 2. The van der Waals surface area contributed by atoms with E-state index in [1.165, 1.54) is 31.8 Å². The summed E-state index contributed by atoms with van der Waals surface area (Å²) in [5.41, 5.74) is -1.59. The largest absolute Gasteiger partial charge is 0.459 e. The van der Waals surface area contributed by atoms with Gasteiger partial charge in [0.25, 0.3) is 0 Å². The second-order valence-electron chi connectivity index (χ2n) is 13.0. The molecular formula is C32H44O9. The van der Waals surface area contributed by atoms with Crippen LogP contribution in [0.1, 0.15) is 78.6 Å². The molecule has 0 aromatic carbocycles. The van der Waals surface area contributed by atoms with E-state index in [1.807, 2.05) is 6.08 Å². The minimum absolute atomic E-state index is 0.0291. The zero-order valence-corrected chi connectivity index (χ0v) is 24.3. The normalized spacial score (nSPS) is 42.9. The lowest BCUT2D eigenvalue weighted by molar-refractivity contribution is -0.311. The number of ketones is 1. The molecule has 5 rings (SSSR count). The van der Waals surface area contributed by atoms with Crippen molar-refractivity contribution in [2.45, 2.75) is 109 Å². The van der Waals surface area contributed by atoms with Crippen LogP contribution in [-0.4, -0.2) is 69.9 Å². The molecule has 0 radical (unpaired) electrons. The van der Waals surface area contributed by atoms with Crippen molar-refractivity contribution >= 4 is 17.7 Å². The fourth-order valence-electron chi connectivity index (χ4n) is 8.83. The number of aliphatic hydroxyl groups is 3. The molecule has 3 N–H and O–H groups in total. The first-order valence-corrected chi connectivity index (χ1v) is 15.1. The number of hydrogen-bond donors (Lipinski definition) is 3. The number of fused-ring (bicyclic) bond motifs is 1. The summed E-state index contributed by atoms with van der Waals surface area (Å²) in [5, 5.41) is 34.5. The van der Waals surface area contributed by atoms with Crippen molar-refractivity contribution in [3.63, 3.8) is 0 Å². The highest BCUT2D eigenvalue weighted by Crippen LogP contribution is 2.73. The summed E-state index contributed by atoms with van der Waals surface area (Å²) in [4.78, 5) is 39.2. The molecule has 0 aromatic heterocycles. The van der Waals surface area contributed by atoms with Crippen LogP contribution in [0.4, 0.5) is 0 Å². The molecule has 2 saturated carbocycles. The van der Waals surface area contributed by atoms with Gasteiger partial charge in [-0.15, -0.1) is 0 Å². The Balaban J connectivity index is 1.38. The Kier molecular flexibility index (Phi) is 8.13. The van der Waals surface area contributed by atoms with E-state index in [0.717, 1.165) is 19.3 Å². The van der Waals surface area contributed by atoms with Crippen molar-refractivity contribution < 1.29 is 43.9 Å². The summed E-state index contributed by atoms with van der Waals surface area (Å²) in [6.07, 6.45) is 7.98. The number of carbonyl (C=O) groups excluding carboxylic acids is 3. The first-order valence-electron chi connectivity index (χ1n) is 15.1. The molecule has 2 heterocycles. The van der Waals surface area contributed by atoms with Crippen molar-refractivity contribution in [1.29, 1.82) is 0 Å². The van der Waals surface area contributed by atoms with Gasteiger partial charge in [-0.1, -0.05) is 70.3 Å². The fourth-order valence-corrected chi connectivity index (χ4v) is 8.83. The lowest BCUT2D eigenvalue weighted by Crippen LogP contribution is -2.76. The van der Waals surface area contributed by atoms with Crippen LogP contribution in [0, 0.1) is 28.6 Å². The highest BCUT2D eigenvalue weighted by atomic mass is 16.7. The monoisotopic (exact) mass is 572 g/mol. The highest BCUT2D eigenvalue weighted by molar-refractivity contribution is 5.96. The second-order valence-corrected chi connectivity index (χ2v) is 13.0. The zero-order valence-electron chi connectivity index (χ0n) is 24.3. The number of esters is 2. The van der Waals surface area contributed by atoms with Crippen molar-refractivity contribution in [2.75, 3.05) is 6.61 Å². The summed E-state index contributed by atoms with van der Waals surface area (Å²) >= 11 is 0. The van der Waals surface area contributed by atoms with E-state index in [0.29, 0.717) is 5.57 Å². The van der Waals surface area contributed by atoms with Gasteiger partial charge in [-0.3, -0.25) is 9.59 Å². The van der Waals surface area contributed by atoms with Gasteiger partial charge in [-0.25, -0.2) is 4.79 Å². The first-order chi connectivity index (χ1) is 19.4. The highest BCUT2D eigenvalue weighted by Gasteiger charge is 2.83. The Morgan fingerprint density at radius 1 is 1.15 bits per heavy atom. The summed E-state index contributed by atoms with van der Waals surface area (Å²) in [6.45, 7) is 9.60. The number of ether oxygens (including phenoxy) is 3.